The standard InChI is InChI=1S/C15H26O5/c1-2-3-4-5-10(16)6-7-11-12(8-15(19)20)14(18)9-13(11)17/h6-7,10-14,16-18H,2-5,8-9H2,1H3,(H,19,20)/t10?,11-,12-,13-,14+/m1/s1. The average Bonchev–Trinajstić information content (AvgIpc) is 2.62. The first-order valence-electron chi connectivity index (χ1n) is 7.40. The third-order valence-electron chi connectivity index (χ3n) is 3.99. The summed E-state index contributed by atoms with van der Waals surface area (Å²) in [5.41, 5.74) is 0. The molecule has 116 valence electrons. The Morgan fingerprint density at radius 2 is 2.00 bits per heavy atom. The van der Waals surface area contributed by atoms with E-state index in [4.69, 9.17) is 5.11 Å². The van der Waals surface area contributed by atoms with Gasteiger partial charge in [-0.05, 0) is 6.42 Å². The summed E-state index contributed by atoms with van der Waals surface area (Å²) in [5, 5.41) is 38.3. The largest absolute Gasteiger partial charge is 0.481 e. The smallest absolute Gasteiger partial charge is 0.303 e. The first kappa shape index (κ1) is 17.1. The van der Waals surface area contributed by atoms with Gasteiger partial charge in [0, 0.05) is 18.3 Å². The minimum absolute atomic E-state index is 0.167. The maximum absolute atomic E-state index is 10.8. The number of aliphatic hydroxyl groups excluding tert-OH is 3. The van der Waals surface area contributed by atoms with Gasteiger partial charge in [0.05, 0.1) is 24.7 Å². The second kappa shape index (κ2) is 8.39. The van der Waals surface area contributed by atoms with Gasteiger partial charge >= 0.3 is 5.97 Å². The summed E-state index contributed by atoms with van der Waals surface area (Å²) >= 11 is 0. The second-order valence-corrected chi connectivity index (χ2v) is 5.66. The third kappa shape index (κ3) is 5.23. The lowest BCUT2D eigenvalue weighted by molar-refractivity contribution is -0.139. The van der Waals surface area contributed by atoms with Crippen LogP contribution in [0.25, 0.3) is 0 Å². The maximum Gasteiger partial charge on any atom is 0.303 e. The number of rotatable bonds is 8. The molecular weight excluding hydrogens is 260 g/mol. The molecule has 1 aliphatic carbocycles. The topological polar surface area (TPSA) is 98.0 Å². The molecule has 1 rings (SSSR count). The Labute approximate surface area is 119 Å². The van der Waals surface area contributed by atoms with Crippen LogP contribution in [-0.4, -0.2) is 44.7 Å². The number of carboxylic acid groups (broad SMARTS) is 1. The van der Waals surface area contributed by atoms with Crippen LogP contribution >= 0.6 is 0 Å². The molecule has 1 saturated carbocycles. The molecule has 1 aliphatic rings. The summed E-state index contributed by atoms with van der Waals surface area (Å²) in [7, 11) is 0. The highest BCUT2D eigenvalue weighted by Crippen LogP contribution is 2.36. The summed E-state index contributed by atoms with van der Waals surface area (Å²) in [6, 6.07) is 0. The molecule has 1 unspecified atom stereocenters. The zero-order chi connectivity index (χ0) is 15.1. The van der Waals surface area contributed by atoms with Crippen molar-refractivity contribution in [3.63, 3.8) is 0 Å². The van der Waals surface area contributed by atoms with E-state index in [0.717, 1.165) is 19.3 Å². The molecule has 20 heavy (non-hydrogen) atoms. The van der Waals surface area contributed by atoms with Crippen LogP contribution in [-0.2, 0) is 4.79 Å². The van der Waals surface area contributed by atoms with Gasteiger partial charge < -0.3 is 20.4 Å². The predicted octanol–water partition coefficient (Wildman–Crippen LogP) is 1.32. The number of aliphatic carboxylic acids is 1. The van der Waals surface area contributed by atoms with Gasteiger partial charge in [-0.3, -0.25) is 4.79 Å². The molecule has 0 saturated heterocycles. The van der Waals surface area contributed by atoms with Crippen molar-refractivity contribution in [2.24, 2.45) is 11.8 Å². The van der Waals surface area contributed by atoms with Gasteiger partial charge in [-0.2, -0.15) is 0 Å². The van der Waals surface area contributed by atoms with E-state index < -0.39 is 36.1 Å². The number of hydrogen-bond donors (Lipinski definition) is 4. The molecule has 0 aromatic rings. The van der Waals surface area contributed by atoms with Crippen LogP contribution in [0.1, 0.15) is 45.4 Å². The van der Waals surface area contributed by atoms with Crippen LogP contribution in [0.15, 0.2) is 12.2 Å². The van der Waals surface area contributed by atoms with Crippen LogP contribution in [0.4, 0.5) is 0 Å². The number of unbranched alkanes of at least 4 members (excludes halogenated alkanes) is 2. The van der Waals surface area contributed by atoms with Crippen molar-refractivity contribution >= 4 is 5.97 Å². The first-order valence-corrected chi connectivity index (χ1v) is 7.40. The number of carboxylic acids is 1. The Kier molecular flexibility index (Phi) is 7.19. The van der Waals surface area contributed by atoms with E-state index in [1.54, 1.807) is 12.2 Å². The van der Waals surface area contributed by atoms with Crippen molar-refractivity contribution < 1.29 is 25.2 Å². The molecule has 0 radical (unpaired) electrons. The fourth-order valence-corrected chi connectivity index (χ4v) is 2.82. The van der Waals surface area contributed by atoms with E-state index in [-0.39, 0.29) is 12.8 Å². The van der Waals surface area contributed by atoms with Crippen LogP contribution in [0.5, 0.6) is 0 Å². The highest BCUT2D eigenvalue weighted by molar-refractivity contribution is 5.67. The Morgan fingerprint density at radius 1 is 1.30 bits per heavy atom. The molecule has 5 nitrogen and oxygen atoms in total. The van der Waals surface area contributed by atoms with Gasteiger partial charge in [-0.1, -0.05) is 38.3 Å². The molecule has 0 aliphatic heterocycles. The highest BCUT2D eigenvalue weighted by atomic mass is 16.4. The van der Waals surface area contributed by atoms with Crippen molar-refractivity contribution in [3.05, 3.63) is 12.2 Å². The third-order valence-corrected chi connectivity index (χ3v) is 3.99. The zero-order valence-corrected chi connectivity index (χ0v) is 12.0. The van der Waals surface area contributed by atoms with Crippen molar-refractivity contribution in [3.8, 4) is 0 Å². The van der Waals surface area contributed by atoms with Gasteiger partial charge in [0.25, 0.3) is 0 Å². The fraction of sp³-hybridized carbons (Fsp3) is 0.800. The van der Waals surface area contributed by atoms with Gasteiger partial charge in [0.15, 0.2) is 0 Å². The Morgan fingerprint density at radius 3 is 2.60 bits per heavy atom. The van der Waals surface area contributed by atoms with Crippen LogP contribution in [0, 0.1) is 11.8 Å². The summed E-state index contributed by atoms with van der Waals surface area (Å²) in [4.78, 5) is 10.8. The van der Waals surface area contributed by atoms with Crippen LogP contribution in [0.3, 0.4) is 0 Å². The highest BCUT2D eigenvalue weighted by Gasteiger charge is 2.41. The van der Waals surface area contributed by atoms with Crippen LogP contribution < -0.4 is 0 Å². The summed E-state index contributed by atoms with van der Waals surface area (Å²) in [5.74, 6) is -1.87. The first-order chi connectivity index (χ1) is 9.45. The molecule has 0 bridgehead atoms. The van der Waals surface area contributed by atoms with E-state index in [1.165, 1.54) is 0 Å². The van der Waals surface area contributed by atoms with E-state index in [9.17, 15) is 20.1 Å². The molecular formula is C15H26O5. The van der Waals surface area contributed by atoms with Crippen molar-refractivity contribution in [1.29, 1.82) is 0 Å². The molecule has 1 fully saturated rings. The SMILES string of the molecule is CCCCCC(O)C=C[C@@H]1[C@@H](CC(=O)O)[C@@H](O)C[C@H]1O. The average molecular weight is 286 g/mol. The minimum atomic E-state index is -0.981. The molecule has 0 spiro atoms. The fourth-order valence-electron chi connectivity index (χ4n) is 2.82. The lowest BCUT2D eigenvalue weighted by Crippen LogP contribution is -2.23. The quantitative estimate of drug-likeness (QED) is 0.398. The lowest BCUT2D eigenvalue weighted by Gasteiger charge is -2.19. The molecule has 0 amide bonds. The number of aliphatic hydroxyl groups is 3. The maximum atomic E-state index is 10.8. The van der Waals surface area contributed by atoms with E-state index in [0.29, 0.717) is 6.42 Å². The van der Waals surface area contributed by atoms with Gasteiger partial charge in [0.2, 0.25) is 0 Å². The molecule has 0 aromatic carbocycles. The molecule has 5 atom stereocenters. The summed E-state index contributed by atoms with van der Waals surface area (Å²) in [6.45, 7) is 2.09. The van der Waals surface area contributed by atoms with Crippen molar-refractivity contribution in [2.45, 2.75) is 63.8 Å². The van der Waals surface area contributed by atoms with Crippen molar-refractivity contribution in [1.82, 2.24) is 0 Å². The zero-order valence-electron chi connectivity index (χ0n) is 12.0. The van der Waals surface area contributed by atoms with Gasteiger partial charge in [-0.25, -0.2) is 0 Å². The van der Waals surface area contributed by atoms with Crippen molar-refractivity contribution in [2.75, 3.05) is 0 Å². The van der Waals surface area contributed by atoms with Gasteiger partial charge in [-0.15, -0.1) is 0 Å². The summed E-state index contributed by atoms with van der Waals surface area (Å²) < 4.78 is 0. The van der Waals surface area contributed by atoms with Crippen LogP contribution in [0.2, 0.25) is 0 Å². The Hall–Kier alpha value is -0.910. The lowest BCUT2D eigenvalue weighted by atomic mass is 9.90. The molecule has 5 heteroatoms. The number of carbonyl (C=O) groups is 1. The van der Waals surface area contributed by atoms with Gasteiger partial charge in [0.1, 0.15) is 0 Å². The number of hydrogen-bond acceptors (Lipinski definition) is 4. The second-order valence-electron chi connectivity index (χ2n) is 5.66. The molecule has 0 aromatic heterocycles. The normalized spacial score (nSPS) is 31.8. The monoisotopic (exact) mass is 286 g/mol. The predicted molar refractivity (Wildman–Crippen MR) is 75.2 cm³/mol. The summed E-state index contributed by atoms with van der Waals surface area (Å²) in [6.07, 6.45) is 4.97. The molecule has 0 heterocycles. The minimum Gasteiger partial charge on any atom is -0.481 e. The Bertz CT molecular complexity index is 328. The van der Waals surface area contributed by atoms with E-state index in [2.05, 4.69) is 6.92 Å². The Balaban J connectivity index is 2.55. The molecule has 4 N–H and O–H groups in total. The van der Waals surface area contributed by atoms with E-state index >= 15 is 0 Å². The van der Waals surface area contributed by atoms with E-state index in [1.807, 2.05) is 0 Å².